The average molecular weight is 433 g/mol. The molecule has 2 N–H and O–H groups in total. The van der Waals surface area contributed by atoms with Crippen LogP contribution in [0.2, 0.25) is 10.0 Å². The highest BCUT2D eigenvalue weighted by atomic mass is 35.5. The number of nitrogens with two attached hydrogens (primary N) is 1. The van der Waals surface area contributed by atoms with Crippen molar-refractivity contribution in [3.63, 3.8) is 0 Å². The Morgan fingerprint density at radius 3 is 2.32 bits per heavy atom. The van der Waals surface area contributed by atoms with Crippen molar-refractivity contribution in [1.29, 1.82) is 0 Å². The Balaban J connectivity index is 2.09. The smallest absolute Gasteiger partial charge is 0.243 e. The first-order chi connectivity index (χ1) is 13.3. The summed E-state index contributed by atoms with van der Waals surface area (Å²) in [5, 5.41) is 1.22. The predicted molar refractivity (Wildman–Crippen MR) is 112 cm³/mol. The van der Waals surface area contributed by atoms with Gasteiger partial charge in [-0.1, -0.05) is 53.5 Å². The van der Waals surface area contributed by atoms with Crippen LogP contribution in [0.3, 0.4) is 0 Å². The zero-order chi connectivity index (χ0) is 20.1. The molecule has 2 heterocycles. The van der Waals surface area contributed by atoms with E-state index in [1.54, 1.807) is 24.3 Å². The summed E-state index contributed by atoms with van der Waals surface area (Å²) in [4.78, 5) is 4.57. The van der Waals surface area contributed by atoms with E-state index in [0.717, 1.165) is 17.4 Å². The minimum Gasteiger partial charge on any atom is -0.424 e. The first kappa shape index (κ1) is 18.8. The van der Waals surface area contributed by atoms with Crippen LogP contribution in [0.25, 0.3) is 33.5 Å². The Morgan fingerprint density at radius 2 is 1.68 bits per heavy atom. The fraction of sp³-hybridized carbons (Fsp3) is 0.0500. The molecule has 0 saturated heterocycles. The number of rotatable bonds is 3. The third-order valence-electron chi connectivity index (χ3n) is 4.31. The number of nitrogen functional groups attached to an aromatic ring is 1. The van der Waals surface area contributed by atoms with Crippen molar-refractivity contribution in [3.05, 3.63) is 64.6 Å². The number of sulfone groups is 1. The van der Waals surface area contributed by atoms with Crippen LogP contribution in [0.4, 0.5) is 5.69 Å². The van der Waals surface area contributed by atoms with Crippen LogP contribution in [0.1, 0.15) is 0 Å². The maximum Gasteiger partial charge on any atom is 0.243 e. The molecule has 2 aromatic heterocycles. The second kappa shape index (κ2) is 6.81. The van der Waals surface area contributed by atoms with Crippen LogP contribution < -0.4 is 5.73 Å². The zero-order valence-electron chi connectivity index (χ0n) is 14.6. The van der Waals surface area contributed by atoms with E-state index in [-0.39, 0.29) is 16.5 Å². The van der Waals surface area contributed by atoms with Crippen LogP contribution in [0.15, 0.2) is 64.1 Å². The number of hydrogen-bond acceptors (Lipinski definition) is 5. The Morgan fingerprint density at radius 1 is 1.00 bits per heavy atom. The molecule has 0 aliphatic rings. The Kier molecular flexibility index (Phi) is 4.57. The van der Waals surface area contributed by atoms with Crippen molar-refractivity contribution in [2.75, 3.05) is 12.0 Å². The number of benzene rings is 2. The van der Waals surface area contributed by atoms with Gasteiger partial charge in [-0.15, -0.1) is 0 Å². The van der Waals surface area contributed by atoms with E-state index >= 15 is 0 Å². The summed E-state index contributed by atoms with van der Waals surface area (Å²) in [6.45, 7) is 0. The van der Waals surface area contributed by atoms with Gasteiger partial charge in [0.2, 0.25) is 20.6 Å². The van der Waals surface area contributed by atoms with Gasteiger partial charge < -0.3 is 10.2 Å². The van der Waals surface area contributed by atoms with Gasteiger partial charge in [-0.05, 0) is 29.8 Å². The van der Waals surface area contributed by atoms with Crippen LogP contribution in [0, 0.1) is 0 Å². The van der Waals surface area contributed by atoms with Crippen molar-refractivity contribution in [2.24, 2.45) is 0 Å². The van der Waals surface area contributed by atoms with Gasteiger partial charge in [0.15, 0.2) is 0 Å². The van der Waals surface area contributed by atoms with Gasteiger partial charge in [0.25, 0.3) is 0 Å². The minimum absolute atomic E-state index is 0.0333. The highest BCUT2D eigenvalue weighted by Gasteiger charge is 2.24. The lowest BCUT2D eigenvalue weighted by atomic mass is 9.98. The zero-order valence-corrected chi connectivity index (χ0v) is 16.9. The lowest BCUT2D eigenvalue weighted by Crippen LogP contribution is -1.98. The first-order valence-corrected chi connectivity index (χ1v) is 10.8. The maximum atomic E-state index is 12.0. The molecule has 4 aromatic rings. The summed E-state index contributed by atoms with van der Waals surface area (Å²) in [6, 6.07) is 16.2. The van der Waals surface area contributed by atoms with Gasteiger partial charge in [-0.2, -0.15) is 0 Å². The van der Waals surface area contributed by atoms with Crippen LogP contribution >= 0.6 is 23.2 Å². The number of halogens is 2. The molecule has 0 aliphatic carbocycles. The van der Waals surface area contributed by atoms with Gasteiger partial charge >= 0.3 is 0 Å². The molecule has 2 aromatic carbocycles. The van der Waals surface area contributed by atoms with E-state index in [1.807, 2.05) is 30.3 Å². The number of fused-ring (bicyclic) bond motifs is 1. The largest absolute Gasteiger partial charge is 0.424 e. The number of pyridine rings is 1. The number of aromatic nitrogens is 1. The molecule has 0 fully saturated rings. The molecule has 0 bridgehead atoms. The summed E-state index contributed by atoms with van der Waals surface area (Å²) in [5.41, 5.74) is 9.01. The number of anilines is 1. The minimum atomic E-state index is -3.64. The molecule has 142 valence electrons. The van der Waals surface area contributed by atoms with E-state index in [4.69, 9.17) is 33.4 Å². The molecule has 0 saturated carbocycles. The molecule has 0 amide bonds. The molecule has 28 heavy (non-hydrogen) atoms. The molecule has 0 atom stereocenters. The summed E-state index contributed by atoms with van der Waals surface area (Å²) in [7, 11) is -3.64. The average Bonchev–Trinajstić information content (AvgIpc) is 2.98. The molecule has 8 heteroatoms. The predicted octanol–water partition coefficient (Wildman–Crippen LogP) is 5.45. The van der Waals surface area contributed by atoms with Crippen LogP contribution in [-0.4, -0.2) is 19.7 Å². The van der Waals surface area contributed by atoms with E-state index in [1.165, 1.54) is 0 Å². The fourth-order valence-electron chi connectivity index (χ4n) is 3.00. The number of furan rings is 1. The van der Waals surface area contributed by atoms with Crippen molar-refractivity contribution in [1.82, 2.24) is 4.98 Å². The normalized spacial score (nSPS) is 11.8. The summed E-state index contributed by atoms with van der Waals surface area (Å²) in [6.07, 6.45) is 1.04. The summed E-state index contributed by atoms with van der Waals surface area (Å²) < 4.78 is 29.5. The monoisotopic (exact) mass is 432 g/mol. The second-order valence-electron chi connectivity index (χ2n) is 6.30. The van der Waals surface area contributed by atoms with Gasteiger partial charge in [-0.25, -0.2) is 13.4 Å². The molecule has 4 rings (SSSR count). The van der Waals surface area contributed by atoms with Crippen molar-refractivity contribution < 1.29 is 12.8 Å². The molecule has 5 nitrogen and oxygen atoms in total. The molecule has 0 unspecified atom stereocenters. The van der Waals surface area contributed by atoms with Gasteiger partial charge in [0.05, 0.1) is 16.8 Å². The third-order valence-corrected chi connectivity index (χ3v) is 5.87. The lowest BCUT2D eigenvalue weighted by Gasteiger charge is -2.11. The molecular weight excluding hydrogens is 419 g/mol. The van der Waals surface area contributed by atoms with Crippen LogP contribution in [0.5, 0.6) is 0 Å². The maximum absolute atomic E-state index is 12.0. The summed E-state index contributed by atoms with van der Waals surface area (Å²) >= 11 is 12.4. The van der Waals surface area contributed by atoms with Gasteiger partial charge in [0.1, 0.15) is 0 Å². The summed E-state index contributed by atoms with van der Waals surface area (Å²) in [5.74, 6) is 0. The fourth-order valence-corrected chi connectivity index (χ4v) is 4.09. The van der Waals surface area contributed by atoms with E-state index in [2.05, 4.69) is 4.98 Å². The lowest BCUT2D eigenvalue weighted by molar-refractivity contribution is 0.480. The van der Waals surface area contributed by atoms with E-state index in [9.17, 15) is 8.42 Å². The topological polar surface area (TPSA) is 86.2 Å². The Hall–Kier alpha value is -2.54. The van der Waals surface area contributed by atoms with E-state index < -0.39 is 9.84 Å². The van der Waals surface area contributed by atoms with Gasteiger partial charge in [-0.3, -0.25) is 0 Å². The van der Waals surface area contributed by atoms with Gasteiger partial charge in [0, 0.05) is 27.4 Å². The highest BCUT2D eigenvalue weighted by Crippen LogP contribution is 2.40. The SMILES string of the molecule is CS(=O)(=O)c1oc2nc(-c3ccccc3Cl)c(-c3ccc(Cl)cc3)cc2c1N. The molecule has 0 radical (unpaired) electrons. The van der Waals surface area contributed by atoms with Crippen molar-refractivity contribution in [3.8, 4) is 22.4 Å². The molecule has 0 aliphatic heterocycles. The quantitative estimate of drug-likeness (QED) is 0.464. The third kappa shape index (κ3) is 3.24. The molecule has 0 spiro atoms. The van der Waals surface area contributed by atoms with Crippen LogP contribution in [-0.2, 0) is 9.84 Å². The first-order valence-electron chi connectivity index (χ1n) is 8.19. The standard InChI is InChI=1S/C20H14Cl2N2O3S/c1-28(25,26)20-17(23)15-10-14(11-6-8-12(21)9-7-11)18(24-19(15)27-20)13-4-2-3-5-16(13)22/h2-10H,23H2,1H3. The Labute approximate surface area is 171 Å². The number of nitrogens with zero attached hydrogens (tertiary/aromatic N) is 1. The van der Waals surface area contributed by atoms with E-state index in [0.29, 0.717) is 26.7 Å². The molecular formula is C20H14Cl2N2O3S. The van der Waals surface area contributed by atoms with Crippen molar-refractivity contribution >= 4 is 49.8 Å². The second-order valence-corrected chi connectivity index (χ2v) is 9.06. The number of hydrogen-bond donors (Lipinski definition) is 1. The highest BCUT2D eigenvalue weighted by molar-refractivity contribution is 7.90. The Bertz CT molecular complexity index is 1310. The van der Waals surface area contributed by atoms with Crippen molar-refractivity contribution in [2.45, 2.75) is 5.09 Å².